The van der Waals surface area contributed by atoms with Crippen LogP contribution in [0.3, 0.4) is 0 Å². The highest BCUT2D eigenvalue weighted by Gasteiger charge is 2.12. The van der Waals surface area contributed by atoms with Gasteiger partial charge in [0.1, 0.15) is 11.5 Å². The standard InChI is InChI=1S/C13H20N5S/c1-7-12(17(4)5)9-8-10(2)14-15-13-18(6)11(3)16-19-13/h7-9H,2H2,1,3-6H3/q+1/b9-8-,12-7+. The van der Waals surface area contributed by atoms with E-state index < -0.39 is 0 Å². The zero-order chi connectivity index (χ0) is 14.4. The first-order chi connectivity index (χ1) is 8.95. The van der Waals surface area contributed by atoms with Gasteiger partial charge in [0, 0.05) is 31.8 Å². The van der Waals surface area contributed by atoms with E-state index in [4.69, 9.17) is 0 Å². The van der Waals surface area contributed by atoms with E-state index in [9.17, 15) is 0 Å². The number of allylic oxidation sites excluding steroid dienone is 3. The summed E-state index contributed by atoms with van der Waals surface area (Å²) in [6.45, 7) is 7.77. The van der Waals surface area contributed by atoms with Crippen molar-refractivity contribution in [2.75, 3.05) is 14.1 Å². The molecule has 0 aromatic carbocycles. The summed E-state index contributed by atoms with van der Waals surface area (Å²) in [7, 11) is 5.89. The highest BCUT2D eigenvalue weighted by molar-refractivity contribution is 7.08. The third-order valence-electron chi connectivity index (χ3n) is 2.55. The molecule has 0 saturated heterocycles. The van der Waals surface area contributed by atoms with Crippen molar-refractivity contribution in [2.24, 2.45) is 17.3 Å². The van der Waals surface area contributed by atoms with Crippen molar-refractivity contribution in [3.8, 4) is 0 Å². The number of aromatic nitrogens is 2. The predicted octanol–water partition coefficient (Wildman–Crippen LogP) is 2.90. The van der Waals surface area contributed by atoms with Crippen LogP contribution < -0.4 is 4.57 Å². The number of rotatable bonds is 5. The fourth-order valence-electron chi connectivity index (χ4n) is 1.28. The van der Waals surface area contributed by atoms with Crippen LogP contribution in [0.25, 0.3) is 0 Å². The third kappa shape index (κ3) is 4.40. The average molecular weight is 278 g/mol. The first-order valence-electron chi connectivity index (χ1n) is 5.90. The van der Waals surface area contributed by atoms with Crippen LogP contribution >= 0.6 is 11.5 Å². The van der Waals surface area contributed by atoms with Crippen molar-refractivity contribution in [1.82, 2.24) is 9.27 Å². The van der Waals surface area contributed by atoms with Crippen LogP contribution in [0.4, 0.5) is 5.13 Å². The second-order valence-electron chi connectivity index (χ2n) is 4.20. The Morgan fingerprint density at radius 2 is 2.11 bits per heavy atom. The van der Waals surface area contributed by atoms with E-state index in [-0.39, 0.29) is 0 Å². The van der Waals surface area contributed by atoms with E-state index in [0.29, 0.717) is 5.70 Å². The number of likely N-dealkylation sites (N-methyl/N-ethyl adjacent to an activating group) is 1. The van der Waals surface area contributed by atoms with Crippen LogP contribution in [0.2, 0.25) is 0 Å². The molecule has 1 rings (SSSR count). The lowest BCUT2D eigenvalue weighted by molar-refractivity contribution is -0.662. The van der Waals surface area contributed by atoms with Gasteiger partial charge in [-0.1, -0.05) is 17.8 Å². The molecule has 0 N–H and O–H groups in total. The van der Waals surface area contributed by atoms with Crippen LogP contribution in [0.1, 0.15) is 12.7 Å². The van der Waals surface area contributed by atoms with E-state index >= 15 is 0 Å². The molecule has 19 heavy (non-hydrogen) atoms. The Balaban J connectivity index is 2.71. The Morgan fingerprint density at radius 1 is 1.42 bits per heavy atom. The smallest absolute Gasteiger partial charge is 0.378 e. The van der Waals surface area contributed by atoms with Crippen LogP contribution in [-0.2, 0) is 7.05 Å². The Hall–Kier alpha value is -1.82. The van der Waals surface area contributed by atoms with Crippen LogP contribution in [0, 0.1) is 6.92 Å². The van der Waals surface area contributed by atoms with E-state index in [1.54, 1.807) is 0 Å². The Kier molecular flexibility index (Phi) is 5.57. The fraction of sp³-hybridized carbons (Fsp3) is 0.385. The Morgan fingerprint density at radius 3 is 2.58 bits per heavy atom. The summed E-state index contributed by atoms with van der Waals surface area (Å²) in [6.07, 6.45) is 5.82. The van der Waals surface area contributed by atoms with E-state index in [1.165, 1.54) is 11.5 Å². The Labute approximate surface area is 118 Å². The molecule has 102 valence electrons. The molecule has 0 unspecified atom stereocenters. The summed E-state index contributed by atoms with van der Waals surface area (Å²) in [5.74, 6) is 0.920. The molecular formula is C13H20N5S+. The van der Waals surface area contributed by atoms with Crippen molar-refractivity contribution in [2.45, 2.75) is 13.8 Å². The molecule has 5 nitrogen and oxygen atoms in total. The van der Waals surface area contributed by atoms with Gasteiger partial charge in [0.05, 0.1) is 12.7 Å². The van der Waals surface area contributed by atoms with Crippen molar-refractivity contribution in [3.63, 3.8) is 0 Å². The number of hydrogen-bond donors (Lipinski definition) is 0. The first-order valence-corrected chi connectivity index (χ1v) is 6.67. The lowest BCUT2D eigenvalue weighted by Gasteiger charge is -2.12. The minimum atomic E-state index is 0.604. The minimum absolute atomic E-state index is 0.604. The first kappa shape index (κ1) is 15.2. The third-order valence-corrected chi connectivity index (χ3v) is 3.43. The molecule has 0 saturated carbocycles. The van der Waals surface area contributed by atoms with E-state index in [0.717, 1.165) is 16.7 Å². The van der Waals surface area contributed by atoms with E-state index in [1.807, 2.05) is 62.7 Å². The van der Waals surface area contributed by atoms with Gasteiger partial charge in [-0.15, -0.1) is 0 Å². The molecule has 0 amide bonds. The highest BCUT2D eigenvalue weighted by Crippen LogP contribution is 2.14. The molecule has 0 fully saturated rings. The van der Waals surface area contributed by atoms with Gasteiger partial charge in [0.2, 0.25) is 5.82 Å². The average Bonchev–Trinajstić information content (AvgIpc) is 2.68. The van der Waals surface area contributed by atoms with Gasteiger partial charge in [-0.3, -0.25) is 0 Å². The molecular weight excluding hydrogens is 258 g/mol. The molecule has 0 atom stereocenters. The molecule has 6 heteroatoms. The number of hydrogen-bond acceptors (Lipinski definition) is 5. The maximum atomic E-state index is 4.19. The molecule has 0 aliphatic rings. The maximum absolute atomic E-state index is 4.19. The molecule has 1 aromatic rings. The number of azo groups is 1. The second kappa shape index (κ2) is 6.94. The van der Waals surface area contributed by atoms with Gasteiger partial charge in [0.15, 0.2) is 0 Å². The van der Waals surface area contributed by atoms with Crippen molar-refractivity contribution in [3.05, 3.63) is 42.0 Å². The summed E-state index contributed by atoms with van der Waals surface area (Å²) in [4.78, 5) is 2.02. The summed E-state index contributed by atoms with van der Waals surface area (Å²) in [5, 5.41) is 8.97. The summed E-state index contributed by atoms with van der Waals surface area (Å²) < 4.78 is 6.08. The quantitative estimate of drug-likeness (QED) is 0.472. The maximum Gasteiger partial charge on any atom is 0.378 e. The lowest BCUT2D eigenvalue weighted by atomic mass is 10.3. The SMILES string of the molecule is C=C(/C=C\C(=C/C)N(C)C)N=Nc1snc(C)[n+]1C. The number of aryl methyl sites for hydroxylation is 1. The molecule has 0 aliphatic carbocycles. The van der Waals surface area contributed by atoms with Gasteiger partial charge in [-0.25, -0.2) is 4.57 Å². The minimum Gasteiger partial charge on any atom is -0.378 e. The van der Waals surface area contributed by atoms with Gasteiger partial charge < -0.3 is 4.90 Å². The van der Waals surface area contributed by atoms with Gasteiger partial charge >= 0.3 is 5.13 Å². The summed E-state index contributed by atoms with van der Waals surface area (Å²) in [6, 6.07) is 0. The van der Waals surface area contributed by atoms with Crippen LogP contribution in [-0.4, -0.2) is 23.4 Å². The second-order valence-corrected chi connectivity index (χ2v) is 4.93. The number of nitrogens with zero attached hydrogens (tertiary/aromatic N) is 5. The van der Waals surface area contributed by atoms with E-state index in [2.05, 4.69) is 21.2 Å². The van der Waals surface area contributed by atoms with Crippen molar-refractivity contribution >= 4 is 16.7 Å². The van der Waals surface area contributed by atoms with Crippen molar-refractivity contribution < 1.29 is 4.57 Å². The molecule has 0 aliphatic heterocycles. The monoisotopic (exact) mass is 278 g/mol. The highest BCUT2D eigenvalue weighted by atomic mass is 32.1. The zero-order valence-electron chi connectivity index (χ0n) is 12.1. The largest absolute Gasteiger partial charge is 0.378 e. The topological polar surface area (TPSA) is 44.7 Å². The fourth-order valence-corrected chi connectivity index (χ4v) is 1.95. The lowest BCUT2D eigenvalue weighted by Crippen LogP contribution is -2.28. The zero-order valence-corrected chi connectivity index (χ0v) is 12.9. The molecule has 0 spiro atoms. The molecule has 0 radical (unpaired) electrons. The van der Waals surface area contributed by atoms with Gasteiger partial charge in [0.25, 0.3) is 0 Å². The summed E-state index contributed by atoms with van der Waals surface area (Å²) >= 11 is 1.32. The molecule has 0 bridgehead atoms. The molecule has 1 heterocycles. The van der Waals surface area contributed by atoms with Crippen LogP contribution in [0.5, 0.6) is 0 Å². The predicted molar refractivity (Wildman–Crippen MR) is 78.3 cm³/mol. The molecule has 1 aromatic heterocycles. The summed E-state index contributed by atoms with van der Waals surface area (Å²) in [5.41, 5.74) is 1.70. The Bertz CT molecular complexity index is 537. The van der Waals surface area contributed by atoms with Gasteiger partial charge in [-0.2, -0.15) is 0 Å². The normalized spacial score (nSPS) is 12.6. The van der Waals surface area contributed by atoms with Gasteiger partial charge in [-0.05, 0) is 23.4 Å². The van der Waals surface area contributed by atoms with Crippen molar-refractivity contribution in [1.29, 1.82) is 0 Å². The van der Waals surface area contributed by atoms with Crippen LogP contribution in [0.15, 0.2) is 46.4 Å².